The van der Waals surface area contributed by atoms with Crippen molar-refractivity contribution in [2.45, 2.75) is 37.9 Å². The van der Waals surface area contributed by atoms with E-state index in [4.69, 9.17) is 0 Å². The van der Waals surface area contributed by atoms with Crippen LogP contribution < -0.4 is 16.2 Å². The van der Waals surface area contributed by atoms with Crippen molar-refractivity contribution in [1.29, 1.82) is 0 Å². The van der Waals surface area contributed by atoms with Crippen molar-refractivity contribution >= 4 is 23.2 Å². The van der Waals surface area contributed by atoms with Gasteiger partial charge in [-0.1, -0.05) is 13.5 Å². The molecule has 12 heteroatoms. The summed E-state index contributed by atoms with van der Waals surface area (Å²) in [6, 6.07) is 7.33. The molecule has 1 aromatic carbocycles. The van der Waals surface area contributed by atoms with Crippen LogP contribution >= 0.6 is 0 Å². The monoisotopic (exact) mass is 514 g/mol. The molecule has 194 valence electrons. The molecule has 2 heterocycles. The first kappa shape index (κ1) is 25.9. The Morgan fingerprint density at radius 3 is 2.46 bits per heavy atom. The molecule has 0 spiro atoms. The van der Waals surface area contributed by atoms with Crippen LogP contribution in [-0.4, -0.2) is 37.3 Å². The molecular formula is C25H25F3N6O3. The first-order chi connectivity index (χ1) is 17.4. The Morgan fingerprint density at radius 2 is 1.89 bits per heavy atom. The third-order valence-electron chi connectivity index (χ3n) is 6.34. The predicted octanol–water partition coefficient (Wildman–Crippen LogP) is 3.63. The molecule has 1 fully saturated rings. The average molecular weight is 515 g/mol. The number of carbonyl (C=O) groups is 2. The molecule has 4 rings (SSSR count). The number of aryl methyl sites for hydroxylation is 1. The molecule has 0 aliphatic heterocycles. The molecule has 0 unspecified atom stereocenters. The fourth-order valence-corrected chi connectivity index (χ4v) is 4.86. The van der Waals surface area contributed by atoms with Crippen LogP contribution in [0.4, 0.5) is 24.5 Å². The predicted molar refractivity (Wildman–Crippen MR) is 130 cm³/mol. The van der Waals surface area contributed by atoms with Crippen LogP contribution in [0.15, 0.2) is 60.3 Å². The average Bonchev–Trinajstić information content (AvgIpc) is 3.22. The van der Waals surface area contributed by atoms with E-state index in [-0.39, 0.29) is 5.69 Å². The highest BCUT2D eigenvalue weighted by Crippen LogP contribution is 2.52. The number of anilines is 2. The zero-order valence-corrected chi connectivity index (χ0v) is 20.2. The van der Waals surface area contributed by atoms with Gasteiger partial charge in [-0.2, -0.15) is 13.2 Å². The molecule has 0 radical (unpaired) electrons. The van der Waals surface area contributed by atoms with Gasteiger partial charge in [0.25, 0.3) is 11.5 Å². The second kappa shape index (κ2) is 9.68. The van der Waals surface area contributed by atoms with Gasteiger partial charge in [-0.25, -0.2) is 0 Å². The SMILES string of the molecule is C=CC(=O)Nc1cc(NC(=O)c2cccn(CC(F)(F)F)c2=O)cc(C2(c3nncn3C)CC(C)C2)c1. The number of rotatable bonds is 7. The second-order valence-corrected chi connectivity index (χ2v) is 9.28. The van der Waals surface area contributed by atoms with Crippen molar-refractivity contribution in [2.24, 2.45) is 13.0 Å². The summed E-state index contributed by atoms with van der Waals surface area (Å²) in [6.07, 6.45) is 0.521. The van der Waals surface area contributed by atoms with Gasteiger partial charge in [-0.05, 0) is 60.7 Å². The van der Waals surface area contributed by atoms with Crippen molar-refractivity contribution in [3.05, 3.63) is 82.8 Å². The molecule has 37 heavy (non-hydrogen) atoms. The third-order valence-corrected chi connectivity index (χ3v) is 6.34. The van der Waals surface area contributed by atoms with Crippen molar-refractivity contribution in [3.63, 3.8) is 0 Å². The molecule has 2 N–H and O–H groups in total. The highest BCUT2D eigenvalue weighted by molar-refractivity contribution is 6.05. The van der Waals surface area contributed by atoms with E-state index in [0.717, 1.165) is 36.7 Å². The summed E-state index contributed by atoms with van der Waals surface area (Å²) in [5.41, 5.74) is -0.701. The van der Waals surface area contributed by atoms with Crippen LogP contribution in [0.5, 0.6) is 0 Å². The van der Waals surface area contributed by atoms with Gasteiger partial charge in [0, 0.05) is 24.6 Å². The highest BCUT2D eigenvalue weighted by atomic mass is 19.4. The van der Waals surface area contributed by atoms with Gasteiger partial charge < -0.3 is 19.8 Å². The number of nitrogens with one attached hydrogen (secondary N) is 2. The highest BCUT2D eigenvalue weighted by Gasteiger charge is 2.48. The van der Waals surface area contributed by atoms with Crippen LogP contribution in [0.25, 0.3) is 0 Å². The van der Waals surface area contributed by atoms with E-state index >= 15 is 0 Å². The Bertz CT molecular complexity index is 1420. The Hall–Kier alpha value is -4.22. The third kappa shape index (κ3) is 5.32. The Labute approximate surface area is 210 Å². The van der Waals surface area contributed by atoms with E-state index < -0.39 is 41.1 Å². The van der Waals surface area contributed by atoms with Gasteiger partial charge in [0.2, 0.25) is 5.91 Å². The fraction of sp³-hybridized carbons (Fsp3) is 0.320. The van der Waals surface area contributed by atoms with E-state index in [1.165, 1.54) is 12.1 Å². The van der Waals surface area contributed by atoms with E-state index in [1.807, 2.05) is 11.6 Å². The number of benzene rings is 1. The minimum Gasteiger partial charge on any atom is -0.322 e. The molecule has 0 bridgehead atoms. The van der Waals surface area contributed by atoms with E-state index in [1.54, 1.807) is 18.5 Å². The molecule has 3 aromatic rings. The summed E-state index contributed by atoms with van der Waals surface area (Å²) in [7, 11) is 1.83. The number of halogens is 3. The van der Waals surface area contributed by atoms with Crippen LogP contribution in [0.2, 0.25) is 0 Å². The number of carbonyl (C=O) groups excluding carboxylic acids is 2. The Balaban J connectivity index is 1.74. The van der Waals surface area contributed by atoms with Gasteiger partial charge in [0.05, 0.1) is 5.41 Å². The molecule has 1 saturated carbocycles. The van der Waals surface area contributed by atoms with Gasteiger partial charge in [-0.3, -0.25) is 14.4 Å². The summed E-state index contributed by atoms with van der Waals surface area (Å²) in [5.74, 6) is -0.248. The van der Waals surface area contributed by atoms with Gasteiger partial charge >= 0.3 is 6.18 Å². The molecule has 1 aliphatic rings. The van der Waals surface area contributed by atoms with E-state index in [0.29, 0.717) is 22.0 Å². The number of aromatic nitrogens is 4. The van der Waals surface area contributed by atoms with Crippen molar-refractivity contribution < 1.29 is 22.8 Å². The molecular weight excluding hydrogens is 489 g/mol. The van der Waals surface area contributed by atoms with Crippen LogP contribution in [0.3, 0.4) is 0 Å². The van der Waals surface area contributed by atoms with E-state index in [9.17, 15) is 27.6 Å². The number of alkyl halides is 3. The number of hydrogen-bond donors (Lipinski definition) is 2. The number of hydrogen-bond acceptors (Lipinski definition) is 5. The summed E-state index contributed by atoms with van der Waals surface area (Å²) < 4.78 is 40.7. The maximum absolute atomic E-state index is 13.0. The van der Waals surface area contributed by atoms with Crippen molar-refractivity contribution in [2.75, 3.05) is 10.6 Å². The zero-order valence-electron chi connectivity index (χ0n) is 20.2. The minimum atomic E-state index is -4.63. The minimum absolute atomic E-state index is 0.244. The Morgan fingerprint density at radius 1 is 1.22 bits per heavy atom. The fourth-order valence-electron chi connectivity index (χ4n) is 4.86. The van der Waals surface area contributed by atoms with Gasteiger partial charge in [0.15, 0.2) is 0 Å². The standard InChI is InChI=1S/C25H25F3N6O3/c1-4-20(35)30-17-8-16(24(11-15(2)12-24)23-32-29-14-33(23)3)9-18(10-17)31-21(36)19-6-5-7-34(22(19)37)13-25(26,27)28/h4-10,14-15H,1,11-13H2,2-3H3,(H,30,35)(H,31,36). The summed E-state index contributed by atoms with van der Waals surface area (Å²) >= 11 is 0. The molecule has 0 saturated heterocycles. The van der Waals surface area contributed by atoms with Crippen LogP contribution in [0, 0.1) is 5.92 Å². The number of amides is 2. The Kier molecular flexibility index (Phi) is 6.76. The first-order valence-electron chi connectivity index (χ1n) is 11.4. The largest absolute Gasteiger partial charge is 0.406 e. The normalized spacial score (nSPS) is 19.1. The first-order valence-corrected chi connectivity index (χ1v) is 11.4. The molecule has 9 nitrogen and oxygen atoms in total. The lowest BCUT2D eigenvalue weighted by molar-refractivity contribution is -0.141. The van der Waals surface area contributed by atoms with Crippen molar-refractivity contribution in [1.82, 2.24) is 19.3 Å². The lowest BCUT2D eigenvalue weighted by Crippen LogP contribution is -2.43. The van der Waals surface area contributed by atoms with Crippen LogP contribution in [0.1, 0.15) is 41.5 Å². The van der Waals surface area contributed by atoms with Crippen molar-refractivity contribution in [3.8, 4) is 0 Å². The summed E-state index contributed by atoms with van der Waals surface area (Å²) in [6.45, 7) is 4.03. The van der Waals surface area contributed by atoms with E-state index in [2.05, 4.69) is 34.3 Å². The number of nitrogens with zero attached hydrogens (tertiary/aromatic N) is 4. The molecule has 2 amide bonds. The smallest absolute Gasteiger partial charge is 0.322 e. The van der Waals surface area contributed by atoms with Crippen LogP contribution in [-0.2, 0) is 23.8 Å². The lowest BCUT2D eigenvalue weighted by atomic mass is 9.58. The number of pyridine rings is 1. The van der Waals surface area contributed by atoms with Gasteiger partial charge in [-0.15, -0.1) is 10.2 Å². The lowest BCUT2D eigenvalue weighted by Gasteiger charge is -2.46. The zero-order chi connectivity index (χ0) is 27.0. The topological polar surface area (TPSA) is 111 Å². The molecule has 2 aromatic heterocycles. The van der Waals surface area contributed by atoms with Gasteiger partial charge in [0.1, 0.15) is 24.3 Å². The molecule has 1 aliphatic carbocycles. The summed E-state index contributed by atoms with van der Waals surface area (Å²) in [5, 5.41) is 13.6. The maximum atomic E-state index is 13.0. The maximum Gasteiger partial charge on any atom is 0.406 e. The molecule has 0 atom stereocenters. The summed E-state index contributed by atoms with van der Waals surface area (Å²) in [4.78, 5) is 37.6. The second-order valence-electron chi connectivity index (χ2n) is 9.28. The quantitative estimate of drug-likeness (QED) is 0.468.